The third-order valence-electron chi connectivity index (χ3n) is 2.73. The molecule has 0 bridgehead atoms. The minimum atomic E-state index is -2.90. The van der Waals surface area contributed by atoms with Crippen molar-refractivity contribution >= 4 is 5.96 Å². The Hall–Kier alpha value is -2.09. The molecule has 1 aromatic carbocycles. The summed E-state index contributed by atoms with van der Waals surface area (Å²) in [6.45, 7) is -1.34. The standard InChI is InChI=1S/C14H21F2N3O3/c1-17-14(18-6-7-20-2)19-9-10-4-5-11(21-3)12(8-10)22-13(15)16/h4-5,8,13H,6-7,9H2,1-3H3,(H2,17,18,19). The van der Waals surface area contributed by atoms with Gasteiger partial charge >= 0.3 is 6.61 Å². The number of nitrogens with one attached hydrogen (secondary N) is 2. The zero-order chi connectivity index (χ0) is 16.4. The molecule has 0 aliphatic heterocycles. The maximum Gasteiger partial charge on any atom is 0.387 e. The first kappa shape index (κ1) is 18.0. The van der Waals surface area contributed by atoms with Gasteiger partial charge in [-0.25, -0.2) is 0 Å². The van der Waals surface area contributed by atoms with Crippen LogP contribution in [-0.4, -0.2) is 47.0 Å². The van der Waals surface area contributed by atoms with Crippen LogP contribution < -0.4 is 20.1 Å². The van der Waals surface area contributed by atoms with E-state index in [0.717, 1.165) is 5.56 Å². The highest BCUT2D eigenvalue weighted by Crippen LogP contribution is 2.29. The van der Waals surface area contributed by atoms with Gasteiger partial charge in [-0.15, -0.1) is 0 Å². The molecule has 0 aliphatic rings. The molecule has 0 aliphatic carbocycles. The van der Waals surface area contributed by atoms with Crippen molar-refractivity contribution in [2.45, 2.75) is 13.2 Å². The Morgan fingerprint density at radius 3 is 2.59 bits per heavy atom. The summed E-state index contributed by atoms with van der Waals surface area (Å²) >= 11 is 0. The van der Waals surface area contributed by atoms with Crippen molar-refractivity contribution in [3.8, 4) is 11.5 Å². The molecule has 2 N–H and O–H groups in total. The van der Waals surface area contributed by atoms with Gasteiger partial charge in [-0.3, -0.25) is 4.99 Å². The van der Waals surface area contributed by atoms with E-state index in [9.17, 15) is 8.78 Å². The number of ether oxygens (including phenoxy) is 3. The lowest BCUT2D eigenvalue weighted by molar-refractivity contribution is -0.0512. The molecule has 1 rings (SSSR count). The van der Waals surface area contributed by atoms with Gasteiger partial charge in [-0.2, -0.15) is 8.78 Å². The van der Waals surface area contributed by atoms with Crippen LogP contribution in [-0.2, 0) is 11.3 Å². The van der Waals surface area contributed by atoms with Crippen molar-refractivity contribution in [1.82, 2.24) is 10.6 Å². The SMILES string of the molecule is CN=C(NCCOC)NCc1ccc(OC)c(OC(F)F)c1. The number of nitrogens with zero attached hydrogens (tertiary/aromatic N) is 1. The van der Waals surface area contributed by atoms with Crippen molar-refractivity contribution in [2.24, 2.45) is 4.99 Å². The molecule has 0 saturated heterocycles. The van der Waals surface area contributed by atoms with Crippen molar-refractivity contribution in [2.75, 3.05) is 34.4 Å². The van der Waals surface area contributed by atoms with Gasteiger partial charge in [0.1, 0.15) is 0 Å². The van der Waals surface area contributed by atoms with E-state index in [1.807, 2.05) is 0 Å². The smallest absolute Gasteiger partial charge is 0.387 e. The van der Waals surface area contributed by atoms with Gasteiger partial charge in [0, 0.05) is 27.2 Å². The highest BCUT2D eigenvalue weighted by Gasteiger charge is 2.11. The van der Waals surface area contributed by atoms with Crippen LogP contribution in [0, 0.1) is 0 Å². The number of aliphatic imine (C=N–C) groups is 1. The van der Waals surface area contributed by atoms with E-state index in [2.05, 4.69) is 20.4 Å². The summed E-state index contributed by atoms with van der Waals surface area (Å²) in [6.07, 6.45) is 0. The minimum Gasteiger partial charge on any atom is -0.493 e. The van der Waals surface area contributed by atoms with Gasteiger partial charge in [-0.05, 0) is 17.7 Å². The van der Waals surface area contributed by atoms with Crippen LogP contribution in [0.4, 0.5) is 8.78 Å². The molecule has 8 heteroatoms. The van der Waals surface area contributed by atoms with Crippen molar-refractivity contribution < 1.29 is 23.0 Å². The molecule has 0 atom stereocenters. The molecular formula is C14H21F2N3O3. The summed E-state index contributed by atoms with van der Waals surface area (Å²) < 4.78 is 39.1. The minimum absolute atomic E-state index is 0.000806. The lowest BCUT2D eigenvalue weighted by Gasteiger charge is -2.14. The monoisotopic (exact) mass is 317 g/mol. The largest absolute Gasteiger partial charge is 0.493 e. The van der Waals surface area contributed by atoms with E-state index in [1.54, 1.807) is 26.3 Å². The number of guanidine groups is 1. The number of hydrogen-bond acceptors (Lipinski definition) is 4. The Morgan fingerprint density at radius 2 is 2.00 bits per heavy atom. The number of methoxy groups -OCH3 is 2. The second-order valence-electron chi connectivity index (χ2n) is 4.21. The highest BCUT2D eigenvalue weighted by molar-refractivity contribution is 5.79. The Kier molecular flexibility index (Phi) is 7.98. The second kappa shape index (κ2) is 9.78. The summed E-state index contributed by atoms with van der Waals surface area (Å²) in [5.41, 5.74) is 0.756. The van der Waals surface area contributed by atoms with E-state index in [-0.39, 0.29) is 11.5 Å². The average molecular weight is 317 g/mol. The van der Waals surface area contributed by atoms with Gasteiger partial charge in [0.25, 0.3) is 0 Å². The predicted molar refractivity (Wildman–Crippen MR) is 79.7 cm³/mol. The molecule has 1 aromatic rings. The Labute approximate surface area is 128 Å². The summed E-state index contributed by atoms with van der Waals surface area (Å²) in [7, 11) is 4.65. The maximum atomic E-state index is 12.4. The van der Waals surface area contributed by atoms with Crippen molar-refractivity contribution in [1.29, 1.82) is 0 Å². The number of rotatable bonds is 8. The number of hydrogen-bond donors (Lipinski definition) is 2. The Bertz CT molecular complexity index is 484. The molecule has 0 radical (unpaired) electrons. The zero-order valence-electron chi connectivity index (χ0n) is 12.9. The van der Waals surface area contributed by atoms with Crippen LogP contribution in [0.2, 0.25) is 0 Å². The van der Waals surface area contributed by atoms with Crippen LogP contribution in [0.5, 0.6) is 11.5 Å². The van der Waals surface area contributed by atoms with Crippen LogP contribution in [0.15, 0.2) is 23.2 Å². The summed E-state index contributed by atoms with van der Waals surface area (Å²) in [4.78, 5) is 4.04. The maximum absolute atomic E-state index is 12.4. The summed E-state index contributed by atoms with van der Waals surface area (Å²) in [6, 6.07) is 4.84. The predicted octanol–water partition coefficient (Wildman–Crippen LogP) is 1.61. The fraction of sp³-hybridized carbons (Fsp3) is 0.500. The summed E-state index contributed by atoms with van der Waals surface area (Å²) in [5.74, 6) is 0.843. The normalized spacial score (nSPS) is 11.5. The Morgan fingerprint density at radius 1 is 1.23 bits per heavy atom. The summed E-state index contributed by atoms with van der Waals surface area (Å²) in [5, 5.41) is 6.11. The zero-order valence-corrected chi connectivity index (χ0v) is 12.9. The van der Waals surface area contributed by atoms with E-state index < -0.39 is 6.61 Å². The van der Waals surface area contributed by atoms with Crippen LogP contribution >= 0.6 is 0 Å². The second-order valence-corrected chi connectivity index (χ2v) is 4.21. The van der Waals surface area contributed by atoms with Gasteiger partial charge < -0.3 is 24.8 Å². The molecule has 0 aromatic heterocycles. The van der Waals surface area contributed by atoms with E-state index >= 15 is 0 Å². The van der Waals surface area contributed by atoms with Crippen molar-refractivity contribution in [3.63, 3.8) is 0 Å². The van der Waals surface area contributed by atoms with Crippen LogP contribution in [0.25, 0.3) is 0 Å². The first-order valence-electron chi connectivity index (χ1n) is 6.66. The molecular weight excluding hydrogens is 296 g/mol. The molecule has 0 amide bonds. The number of benzene rings is 1. The molecule has 124 valence electrons. The molecule has 0 heterocycles. The highest BCUT2D eigenvalue weighted by atomic mass is 19.3. The topological polar surface area (TPSA) is 64.1 Å². The number of alkyl halides is 2. The van der Waals surface area contributed by atoms with Gasteiger partial charge in [-0.1, -0.05) is 6.07 Å². The fourth-order valence-corrected chi connectivity index (χ4v) is 1.70. The average Bonchev–Trinajstić information content (AvgIpc) is 2.50. The molecule has 22 heavy (non-hydrogen) atoms. The van der Waals surface area contributed by atoms with E-state index in [0.29, 0.717) is 25.7 Å². The number of halogens is 2. The van der Waals surface area contributed by atoms with Crippen molar-refractivity contribution in [3.05, 3.63) is 23.8 Å². The van der Waals surface area contributed by atoms with E-state index in [1.165, 1.54) is 13.2 Å². The Balaban J connectivity index is 2.65. The van der Waals surface area contributed by atoms with Crippen LogP contribution in [0.1, 0.15) is 5.56 Å². The molecule has 0 fully saturated rings. The quantitative estimate of drug-likeness (QED) is 0.433. The molecule has 0 spiro atoms. The lowest BCUT2D eigenvalue weighted by atomic mass is 10.2. The van der Waals surface area contributed by atoms with Gasteiger partial charge in [0.05, 0.1) is 13.7 Å². The lowest BCUT2D eigenvalue weighted by Crippen LogP contribution is -2.38. The molecule has 0 saturated carbocycles. The fourth-order valence-electron chi connectivity index (χ4n) is 1.70. The first-order chi connectivity index (χ1) is 10.6. The van der Waals surface area contributed by atoms with E-state index in [4.69, 9.17) is 9.47 Å². The third-order valence-corrected chi connectivity index (χ3v) is 2.73. The molecule has 6 nitrogen and oxygen atoms in total. The van der Waals surface area contributed by atoms with Gasteiger partial charge in [0.15, 0.2) is 17.5 Å². The first-order valence-corrected chi connectivity index (χ1v) is 6.66. The van der Waals surface area contributed by atoms with Gasteiger partial charge in [0.2, 0.25) is 0 Å². The molecule has 0 unspecified atom stereocenters. The third kappa shape index (κ3) is 6.13. The van der Waals surface area contributed by atoms with Crippen LogP contribution in [0.3, 0.4) is 0 Å².